The molecule has 0 aliphatic heterocycles. The molecule has 24 heavy (non-hydrogen) atoms. The first-order chi connectivity index (χ1) is 11.6. The van der Waals surface area contributed by atoms with E-state index >= 15 is 0 Å². The molecular weight excluding hydrogens is 340 g/mol. The fourth-order valence-electron chi connectivity index (χ4n) is 2.57. The summed E-state index contributed by atoms with van der Waals surface area (Å²) < 4.78 is 3.15. The van der Waals surface area contributed by atoms with Gasteiger partial charge in [0.2, 0.25) is 0 Å². The highest BCUT2D eigenvalue weighted by Crippen LogP contribution is 2.30. The van der Waals surface area contributed by atoms with E-state index in [-0.39, 0.29) is 0 Å². The highest BCUT2D eigenvalue weighted by atomic mass is 35.5. The van der Waals surface area contributed by atoms with Crippen molar-refractivity contribution in [2.75, 3.05) is 5.32 Å². The fourth-order valence-corrected chi connectivity index (χ4v) is 3.73. The Kier molecular flexibility index (Phi) is 3.75. The third-order valence-corrected chi connectivity index (χ3v) is 5.15. The number of fused-ring (bicyclic) bond motifs is 1. The summed E-state index contributed by atoms with van der Waals surface area (Å²) in [6, 6.07) is 13.9. The number of aryl methyl sites for hydroxylation is 1. The SMILES string of the molecule is Cc1ncn(-c2cccc(Nc3nc4ccc(Cl)cc4s3)c2)c1C. The van der Waals surface area contributed by atoms with E-state index in [4.69, 9.17) is 11.6 Å². The Labute approximate surface area is 148 Å². The van der Waals surface area contributed by atoms with E-state index in [1.54, 1.807) is 11.3 Å². The Bertz CT molecular complexity index is 1030. The number of thiazole rings is 1. The smallest absolute Gasteiger partial charge is 0.188 e. The molecule has 2 heterocycles. The average molecular weight is 355 g/mol. The van der Waals surface area contributed by atoms with Crippen LogP contribution in [0, 0.1) is 13.8 Å². The summed E-state index contributed by atoms with van der Waals surface area (Å²) in [4.78, 5) is 8.97. The van der Waals surface area contributed by atoms with Gasteiger partial charge >= 0.3 is 0 Å². The number of benzene rings is 2. The molecule has 4 nitrogen and oxygen atoms in total. The number of anilines is 2. The van der Waals surface area contributed by atoms with E-state index < -0.39 is 0 Å². The number of hydrogen-bond donors (Lipinski definition) is 1. The van der Waals surface area contributed by atoms with Gasteiger partial charge in [0.1, 0.15) is 0 Å². The monoisotopic (exact) mass is 354 g/mol. The predicted molar refractivity (Wildman–Crippen MR) is 101 cm³/mol. The molecule has 0 radical (unpaired) electrons. The summed E-state index contributed by atoms with van der Waals surface area (Å²) in [7, 11) is 0. The van der Waals surface area contributed by atoms with Crippen molar-refractivity contribution in [3.05, 3.63) is 65.2 Å². The normalized spacial score (nSPS) is 11.1. The van der Waals surface area contributed by atoms with Gasteiger partial charge in [0, 0.05) is 22.1 Å². The molecule has 0 fully saturated rings. The van der Waals surface area contributed by atoms with E-state index in [2.05, 4.69) is 38.9 Å². The Morgan fingerprint density at radius 3 is 2.79 bits per heavy atom. The van der Waals surface area contributed by atoms with Crippen molar-refractivity contribution in [3.8, 4) is 5.69 Å². The van der Waals surface area contributed by atoms with Crippen molar-refractivity contribution in [2.24, 2.45) is 0 Å². The lowest BCUT2D eigenvalue weighted by Crippen LogP contribution is -1.97. The van der Waals surface area contributed by atoms with Crippen LogP contribution in [0.25, 0.3) is 15.9 Å². The molecule has 0 bridgehead atoms. The Morgan fingerprint density at radius 1 is 1.12 bits per heavy atom. The first-order valence-corrected chi connectivity index (χ1v) is 8.74. The number of nitrogens with zero attached hydrogens (tertiary/aromatic N) is 3. The fraction of sp³-hybridized carbons (Fsp3) is 0.111. The Morgan fingerprint density at radius 2 is 2.00 bits per heavy atom. The zero-order chi connectivity index (χ0) is 16.7. The van der Waals surface area contributed by atoms with Crippen LogP contribution < -0.4 is 5.32 Å². The van der Waals surface area contributed by atoms with E-state index in [1.807, 2.05) is 43.6 Å². The molecule has 1 N–H and O–H groups in total. The standard InChI is InChI=1S/C18H15ClN4S/c1-11-12(2)23(10-20-11)15-5-3-4-14(9-15)21-18-22-16-7-6-13(19)8-17(16)24-18/h3-10H,1-2H3,(H,21,22). The second-order valence-electron chi connectivity index (χ2n) is 5.59. The van der Waals surface area contributed by atoms with Crippen molar-refractivity contribution >= 4 is 44.0 Å². The molecule has 120 valence electrons. The highest BCUT2D eigenvalue weighted by molar-refractivity contribution is 7.22. The number of halogens is 1. The Balaban J connectivity index is 1.66. The van der Waals surface area contributed by atoms with Gasteiger partial charge in [0.05, 0.1) is 22.2 Å². The second kappa shape index (κ2) is 5.92. The lowest BCUT2D eigenvalue weighted by molar-refractivity contribution is 1.00. The summed E-state index contributed by atoms with van der Waals surface area (Å²) in [5.41, 5.74) is 5.19. The van der Waals surface area contributed by atoms with Gasteiger partial charge in [-0.2, -0.15) is 0 Å². The summed E-state index contributed by atoms with van der Waals surface area (Å²) >= 11 is 7.63. The minimum absolute atomic E-state index is 0.727. The zero-order valence-corrected chi connectivity index (χ0v) is 14.8. The largest absolute Gasteiger partial charge is 0.331 e. The molecule has 0 unspecified atom stereocenters. The molecule has 4 aromatic rings. The number of hydrogen-bond acceptors (Lipinski definition) is 4. The molecule has 6 heteroatoms. The summed E-state index contributed by atoms with van der Waals surface area (Å²) in [5.74, 6) is 0. The summed E-state index contributed by atoms with van der Waals surface area (Å²) in [6.07, 6.45) is 1.85. The zero-order valence-electron chi connectivity index (χ0n) is 13.2. The first-order valence-electron chi connectivity index (χ1n) is 7.54. The Hall–Kier alpha value is -2.37. The maximum absolute atomic E-state index is 6.04. The van der Waals surface area contributed by atoms with Gasteiger partial charge in [-0.15, -0.1) is 0 Å². The molecule has 2 aromatic heterocycles. The van der Waals surface area contributed by atoms with Crippen LogP contribution in [0.1, 0.15) is 11.4 Å². The number of aromatic nitrogens is 3. The topological polar surface area (TPSA) is 42.7 Å². The summed E-state index contributed by atoms with van der Waals surface area (Å²) in [5, 5.41) is 4.96. The van der Waals surface area contributed by atoms with Crippen molar-refractivity contribution < 1.29 is 0 Å². The molecule has 0 spiro atoms. The van der Waals surface area contributed by atoms with Crippen molar-refractivity contribution in [1.82, 2.24) is 14.5 Å². The number of nitrogens with one attached hydrogen (secondary N) is 1. The van der Waals surface area contributed by atoms with Gasteiger partial charge in [-0.25, -0.2) is 9.97 Å². The van der Waals surface area contributed by atoms with Crippen LogP contribution in [0.5, 0.6) is 0 Å². The average Bonchev–Trinajstić information content (AvgIpc) is 3.10. The molecule has 0 amide bonds. The van der Waals surface area contributed by atoms with Gasteiger partial charge in [0.25, 0.3) is 0 Å². The third kappa shape index (κ3) is 2.77. The maximum Gasteiger partial charge on any atom is 0.188 e. The van der Waals surface area contributed by atoms with Gasteiger partial charge in [-0.3, -0.25) is 0 Å². The maximum atomic E-state index is 6.04. The lowest BCUT2D eigenvalue weighted by Gasteiger charge is -2.08. The van der Waals surface area contributed by atoms with Gasteiger partial charge < -0.3 is 9.88 Å². The van der Waals surface area contributed by atoms with Gasteiger partial charge in [-0.1, -0.05) is 29.0 Å². The molecule has 0 atom stereocenters. The first kappa shape index (κ1) is 15.2. The molecular formula is C18H15ClN4S. The van der Waals surface area contributed by atoms with Gasteiger partial charge in [-0.05, 0) is 50.2 Å². The van der Waals surface area contributed by atoms with Crippen LogP contribution in [-0.4, -0.2) is 14.5 Å². The van der Waals surface area contributed by atoms with E-state index in [9.17, 15) is 0 Å². The molecule has 4 rings (SSSR count). The van der Waals surface area contributed by atoms with Crippen molar-refractivity contribution in [3.63, 3.8) is 0 Å². The van der Waals surface area contributed by atoms with Crippen LogP contribution >= 0.6 is 22.9 Å². The molecule has 0 aliphatic rings. The van der Waals surface area contributed by atoms with Crippen LogP contribution in [0.15, 0.2) is 48.8 Å². The van der Waals surface area contributed by atoms with E-state index in [0.717, 1.165) is 43.1 Å². The lowest BCUT2D eigenvalue weighted by atomic mass is 10.2. The van der Waals surface area contributed by atoms with E-state index in [1.165, 1.54) is 0 Å². The second-order valence-corrected chi connectivity index (χ2v) is 7.06. The van der Waals surface area contributed by atoms with Gasteiger partial charge in [0.15, 0.2) is 5.13 Å². The van der Waals surface area contributed by atoms with Crippen LogP contribution in [0.4, 0.5) is 10.8 Å². The molecule has 0 aliphatic carbocycles. The van der Waals surface area contributed by atoms with Crippen LogP contribution in [0.2, 0.25) is 5.02 Å². The van der Waals surface area contributed by atoms with Crippen molar-refractivity contribution in [1.29, 1.82) is 0 Å². The quantitative estimate of drug-likeness (QED) is 0.528. The van der Waals surface area contributed by atoms with E-state index in [0.29, 0.717) is 0 Å². The molecule has 0 saturated carbocycles. The number of imidazole rings is 1. The highest BCUT2D eigenvalue weighted by Gasteiger charge is 2.07. The molecule has 0 saturated heterocycles. The third-order valence-electron chi connectivity index (χ3n) is 3.98. The van der Waals surface area contributed by atoms with Crippen molar-refractivity contribution in [2.45, 2.75) is 13.8 Å². The number of rotatable bonds is 3. The van der Waals surface area contributed by atoms with Crippen LogP contribution in [-0.2, 0) is 0 Å². The minimum atomic E-state index is 0.727. The summed E-state index contributed by atoms with van der Waals surface area (Å²) in [6.45, 7) is 4.08. The predicted octanol–water partition coefficient (Wildman–Crippen LogP) is 5.50. The minimum Gasteiger partial charge on any atom is -0.331 e. The van der Waals surface area contributed by atoms with Crippen LogP contribution in [0.3, 0.4) is 0 Å². The molecule has 2 aromatic carbocycles.